The minimum Gasteiger partial charge on any atom is -0.465 e. The molecular formula is C11H13Cl2NO2. The number of nitrogens with one attached hydrogen (secondary N) is 1. The molecule has 1 aromatic carbocycles. The summed E-state index contributed by atoms with van der Waals surface area (Å²) in [6.45, 7) is 2.06. The van der Waals surface area contributed by atoms with E-state index in [2.05, 4.69) is 12.2 Å². The van der Waals surface area contributed by atoms with Crippen LogP contribution in [0, 0.1) is 0 Å². The number of hydrogen-bond acceptors (Lipinski definition) is 1. The van der Waals surface area contributed by atoms with Crippen molar-refractivity contribution in [3.63, 3.8) is 0 Å². The molecule has 0 bridgehead atoms. The lowest BCUT2D eigenvalue weighted by molar-refractivity contribution is 0.209. The fourth-order valence-corrected chi connectivity index (χ4v) is 1.86. The summed E-state index contributed by atoms with van der Waals surface area (Å²) >= 11 is 11.9. The molecule has 1 aromatic rings. The zero-order valence-electron chi connectivity index (χ0n) is 8.89. The molecule has 0 heterocycles. The first kappa shape index (κ1) is 13.1. The molecule has 0 saturated carbocycles. The molecule has 1 amide bonds. The number of carboxylic acid groups (broad SMARTS) is 1. The molecule has 0 aromatic heterocycles. The number of halogens is 2. The zero-order valence-corrected chi connectivity index (χ0v) is 10.4. The van der Waals surface area contributed by atoms with E-state index in [-0.39, 0.29) is 0 Å². The molecule has 0 saturated heterocycles. The van der Waals surface area contributed by atoms with Gasteiger partial charge in [0.1, 0.15) is 0 Å². The number of rotatable bonds is 4. The third kappa shape index (κ3) is 3.29. The van der Waals surface area contributed by atoms with Gasteiger partial charge in [0.2, 0.25) is 0 Å². The molecule has 0 aliphatic heterocycles. The van der Waals surface area contributed by atoms with Crippen molar-refractivity contribution < 1.29 is 9.90 Å². The first-order valence-corrected chi connectivity index (χ1v) is 5.78. The Hall–Kier alpha value is -0.930. The largest absolute Gasteiger partial charge is 0.465 e. The first-order valence-electron chi connectivity index (χ1n) is 5.03. The van der Waals surface area contributed by atoms with E-state index in [0.717, 1.165) is 18.4 Å². The predicted molar refractivity (Wildman–Crippen MR) is 66.7 cm³/mol. The van der Waals surface area contributed by atoms with Crippen LogP contribution in [-0.2, 0) is 6.42 Å². The second kappa shape index (κ2) is 5.97. The Labute approximate surface area is 104 Å². The Balaban J connectivity index is 3.05. The van der Waals surface area contributed by atoms with Crippen molar-refractivity contribution in [1.82, 2.24) is 0 Å². The highest BCUT2D eigenvalue weighted by molar-refractivity contribution is 6.42. The van der Waals surface area contributed by atoms with Gasteiger partial charge in [0, 0.05) is 5.69 Å². The summed E-state index contributed by atoms with van der Waals surface area (Å²) < 4.78 is 0. The quantitative estimate of drug-likeness (QED) is 0.843. The van der Waals surface area contributed by atoms with Gasteiger partial charge in [-0.15, -0.1) is 0 Å². The number of anilines is 1. The SMILES string of the molecule is CCCCc1c(NC(=O)O)ccc(Cl)c1Cl. The van der Waals surface area contributed by atoms with Gasteiger partial charge in [-0.1, -0.05) is 36.5 Å². The van der Waals surface area contributed by atoms with Crippen molar-refractivity contribution in [2.24, 2.45) is 0 Å². The fourth-order valence-electron chi connectivity index (χ4n) is 1.42. The highest BCUT2D eigenvalue weighted by Gasteiger charge is 2.11. The summed E-state index contributed by atoms with van der Waals surface area (Å²) in [6, 6.07) is 3.22. The smallest absolute Gasteiger partial charge is 0.409 e. The van der Waals surface area contributed by atoms with Crippen LogP contribution in [0.2, 0.25) is 10.0 Å². The van der Waals surface area contributed by atoms with E-state index >= 15 is 0 Å². The highest BCUT2D eigenvalue weighted by atomic mass is 35.5. The van der Waals surface area contributed by atoms with E-state index in [1.807, 2.05) is 0 Å². The molecule has 0 spiro atoms. The molecule has 16 heavy (non-hydrogen) atoms. The van der Waals surface area contributed by atoms with Crippen molar-refractivity contribution in [1.29, 1.82) is 0 Å². The lowest BCUT2D eigenvalue weighted by Crippen LogP contribution is -2.09. The molecule has 1 rings (SSSR count). The van der Waals surface area contributed by atoms with E-state index < -0.39 is 6.09 Å². The monoisotopic (exact) mass is 261 g/mol. The molecule has 88 valence electrons. The molecule has 0 radical (unpaired) electrons. The molecular weight excluding hydrogens is 249 g/mol. The molecule has 3 nitrogen and oxygen atoms in total. The van der Waals surface area contributed by atoms with Crippen molar-refractivity contribution >= 4 is 35.0 Å². The number of benzene rings is 1. The maximum absolute atomic E-state index is 10.6. The Bertz CT molecular complexity index is 394. The summed E-state index contributed by atoms with van der Waals surface area (Å²) in [5.41, 5.74) is 1.27. The molecule has 0 aliphatic carbocycles. The third-order valence-electron chi connectivity index (χ3n) is 2.22. The van der Waals surface area contributed by atoms with Gasteiger partial charge in [0.05, 0.1) is 10.0 Å². The highest BCUT2D eigenvalue weighted by Crippen LogP contribution is 2.32. The third-order valence-corrected chi connectivity index (χ3v) is 3.06. The molecule has 2 N–H and O–H groups in total. The van der Waals surface area contributed by atoms with Gasteiger partial charge in [-0.2, -0.15) is 0 Å². The molecule has 0 unspecified atom stereocenters. The predicted octanol–water partition coefficient (Wildman–Crippen LogP) is 4.43. The van der Waals surface area contributed by atoms with Gasteiger partial charge < -0.3 is 5.11 Å². The standard InChI is InChI=1S/C11H13Cl2NO2/c1-2-3-4-7-9(14-11(15)16)6-5-8(12)10(7)13/h5-6,14H,2-4H2,1H3,(H,15,16). The number of unbranched alkanes of at least 4 members (excludes halogenated alkanes) is 1. The summed E-state index contributed by atoms with van der Waals surface area (Å²) in [7, 11) is 0. The summed E-state index contributed by atoms with van der Waals surface area (Å²) in [6.07, 6.45) is 1.56. The summed E-state index contributed by atoms with van der Waals surface area (Å²) in [5, 5.41) is 11.9. The van der Waals surface area contributed by atoms with Crippen molar-refractivity contribution in [3.05, 3.63) is 27.7 Å². The van der Waals surface area contributed by atoms with Crippen LogP contribution in [0.1, 0.15) is 25.3 Å². The van der Waals surface area contributed by atoms with Crippen LogP contribution < -0.4 is 5.32 Å². The van der Waals surface area contributed by atoms with Crippen molar-refractivity contribution in [2.45, 2.75) is 26.2 Å². The Morgan fingerprint density at radius 3 is 2.69 bits per heavy atom. The normalized spacial score (nSPS) is 10.2. The van der Waals surface area contributed by atoms with Crippen LogP contribution in [0.5, 0.6) is 0 Å². The Morgan fingerprint density at radius 2 is 2.12 bits per heavy atom. The average Bonchev–Trinajstić information content (AvgIpc) is 2.22. The summed E-state index contributed by atoms with van der Waals surface area (Å²) in [5.74, 6) is 0. The van der Waals surface area contributed by atoms with Crippen LogP contribution in [0.15, 0.2) is 12.1 Å². The van der Waals surface area contributed by atoms with Crippen LogP contribution in [0.3, 0.4) is 0 Å². The van der Waals surface area contributed by atoms with Gasteiger partial charge in [-0.05, 0) is 30.5 Å². The first-order chi connectivity index (χ1) is 7.56. The number of carbonyl (C=O) groups is 1. The minimum atomic E-state index is -1.10. The van der Waals surface area contributed by atoms with Gasteiger partial charge in [0.15, 0.2) is 0 Å². The van der Waals surface area contributed by atoms with Gasteiger partial charge >= 0.3 is 6.09 Å². The van der Waals surface area contributed by atoms with Crippen LogP contribution in [0.25, 0.3) is 0 Å². The molecule has 0 atom stereocenters. The second-order valence-electron chi connectivity index (χ2n) is 3.42. The average molecular weight is 262 g/mol. The molecule has 0 fully saturated rings. The van der Waals surface area contributed by atoms with Crippen LogP contribution in [-0.4, -0.2) is 11.2 Å². The van der Waals surface area contributed by atoms with E-state index in [1.54, 1.807) is 12.1 Å². The van der Waals surface area contributed by atoms with E-state index in [9.17, 15) is 4.79 Å². The number of amides is 1. The Morgan fingerprint density at radius 1 is 1.44 bits per heavy atom. The van der Waals surface area contributed by atoms with E-state index in [0.29, 0.717) is 22.2 Å². The minimum absolute atomic E-state index is 0.432. The number of hydrogen-bond donors (Lipinski definition) is 2. The van der Waals surface area contributed by atoms with E-state index in [1.165, 1.54) is 0 Å². The molecule has 5 heteroatoms. The fraction of sp³-hybridized carbons (Fsp3) is 0.364. The summed E-state index contributed by atoms with van der Waals surface area (Å²) in [4.78, 5) is 10.6. The lowest BCUT2D eigenvalue weighted by atomic mass is 10.1. The maximum atomic E-state index is 10.6. The van der Waals surface area contributed by atoms with Gasteiger partial charge in [-0.3, -0.25) is 5.32 Å². The molecule has 0 aliphatic rings. The topological polar surface area (TPSA) is 49.3 Å². The maximum Gasteiger partial charge on any atom is 0.409 e. The van der Waals surface area contributed by atoms with Crippen LogP contribution >= 0.6 is 23.2 Å². The van der Waals surface area contributed by atoms with Gasteiger partial charge in [0.25, 0.3) is 0 Å². The van der Waals surface area contributed by atoms with Crippen LogP contribution in [0.4, 0.5) is 10.5 Å². The lowest BCUT2D eigenvalue weighted by Gasteiger charge is -2.11. The Kier molecular flexibility index (Phi) is 4.90. The second-order valence-corrected chi connectivity index (χ2v) is 4.21. The van der Waals surface area contributed by atoms with Crippen molar-refractivity contribution in [2.75, 3.05) is 5.32 Å². The van der Waals surface area contributed by atoms with Gasteiger partial charge in [-0.25, -0.2) is 4.79 Å². The van der Waals surface area contributed by atoms with E-state index in [4.69, 9.17) is 28.3 Å². The zero-order chi connectivity index (χ0) is 12.1. The van der Waals surface area contributed by atoms with Crippen molar-refractivity contribution in [3.8, 4) is 0 Å².